The Kier molecular flexibility index (Phi) is 3.67. The number of nitrogens with one attached hydrogen (secondary N) is 1. The van der Waals surface area contributed by atoms with E-state index in [4.69, 9.17) is 0 Å². The van der Waals surface area contributed by atoms with Crippen molar-refractivity contribution in [2.75, 3.05) is 11.9 Å². The van der Waals surface area contributed by atoms with Gasteiger partial charge in [0.05, 0.1) is 5.69 Å². The van der Waals surface area contributed by atoms with Gasteiger partial charge in [0.15, 0.2) is 5.82 Å². The van der Waals surface area contributed by atoms with Crippen LogP contribution < -0.4 is 5.32 Å². The summed E-state index contributed by atoms with van der Waals surface area (Å²) in [6.07, 6.45) is 8.19. The minimum Gasteiger partial charge on any atom is -0.370 e. The Labute approximate surface area is 119 Å². The monoisotopic (exact) mass is 271 g/mol. The molecule has 5 heteroatoms. The second-order valence-electron chi connectivity index (χ2n) is 5.26. The molecule has 1 aliphatic carbocycles. The third kappa shape index (κ3) is 2.53. The van der Waals surface area contributed by atoms with Crippen molar-refractivity contribution in [3.8, 4) is 5.82 Å². The molecule has 0 aromatic carbocycles. The Balaban J connectivity index is 1.99. The van der Waals surface area contributed by atoms with Crippen LogP contribution in [0.1, 0.15) is 50.3 Å². The lowest BCUT2D eigenvalue weighted by molar-refractivity contribution is 0.779. The number of hydrogen-bond donors (Lipinski definition) is 1. The van der Waals surface area contributed by atoms with Gasteiger partial charge in [0.1, 0.15) is 12.1 Å². The van der Waals surface area contributed by atoms with Gasteiger partial charge in [-0.05, 0) is 32.3 Å². The van der Waals surface area contributed by atoms with E-state index in [0.29, 0.717) is 5.92 Å². The Morgan fingerprint density at radius 1 is 1.30 bits per heavy atom. The summed E-state index contributed by atoms with van der Waals surface area (Å²) in [5.74, 6) is 2.51. The average molecular weight is 271 g/mol. The largest absolute Gasteiger partial charge is 0.370 e. The molecule has 106 valence electrons. The number of rotatable bonds is 6. The summed E-state index contributed by atoms with van der Waals surface area (Å²) < 4.78 is 1.90. The van der Waals surface area contributed by atoms with Gasteiger partial charge >= 0.3 is 0 Å². The van der Waals surface area contributed by atoms with Gasteiger partial charge in [-0.3, -0.25) is 0 Å². The van der Waals surface area contributed by atoms with E-state index >= 15 is 0 Å². The van der Waals surface area contributed by atoms with Crippen molar-refractivity contribution in [1.82, 2.24) is 19.7 Å². The quantitative estimate of drug-likeness (QED) is 0.877. The first kappa shape index (κ1) is 13.1. The van der Waals surface area contributed by atoms with Crippen LogP contribution in [0, 0.1) is 0 Å². The Bertz CT molecular complexity index is 586. The summed E-state index contributed by atoms with van der Waals surface area (Å²) in [5.41, 5.74) is 2.35. The third-order valence-corrected chi connectivity index (χ3v) is 3.59. The normalized spacial score (nSPS) is 14.5. The molecule has 1 fully saturated rings. The van der Waals surface area contributed by atoms with E-state index in [9.17, 15) is 0 Å². The maximum atomic E-state index is 4.69. The summed E-state index contributed by atoms with van der Waals surface area (Å²) in [5, 5.41) is 8.01. The summed E-state index contributed by atoms with van der Waals surface area (Å²) in [6.45, 7) is 5.11. The summed E-state index contributed by atoms with van der Waals surface area (Å²) in [6, 6.07) is 2.11. The second kappa shape index (κ2) is 5.61. The predicted molar refractivity (Wildman–Crippen MR) is 79.3 cm³/mol. The first-order valence-electron chi connectivity index (χ1n) is 7.47. The van der Waals surface area contributed by atoms with E-state index in [1.165, 1.54) is 18.5 Å². The summed E-state index contributed by atoms with van der Waals surface area (Å²) in [7, 11) is 0. The maximum absolute atomic E-state index is 4.69. The highest BCUT2D eigenvalue weighted by Crippen LogP contribution is 2.39. The SMILES string of the molecule is CCCc1c(NCC)ncnc1-n1ccc(C2CC2)n1. The maximum Gasteiger partial charge on any atom is 0.161 e. The van der Waals surface area contributed by atoms with Crippen molar-refractivity contribution in [2.45, 2.75) is 45.4 Å². The van der Waals surface area contributed by atoms with Crippen LogP contribution in [0.5, 0.6) is 0 Å². The first-order chi connectivity index (χ1) is 9.83. The van der Waals surface area contributed by atoms with Gasteiger partial charge in [0.25, 0.3) is 0 Å². The van der Waals surface area contributed by atoms with Crippen LogP contribution in [0.15, 0.2) is 18.6 Å². The lowest BCUT2D eigenvalue weighted by Gasteiger charge is -2.12. The van der Waals surface area contributed by atoms with E-state index in [1.54, 1.807) is 6.33 Å². The minimum atomic E-state index is 0.668. The van der Waals surface area contributed by atoms with Crippen molar-refractivity contribution in [3.63, 3.8) is 0 Å². The number of anilines is 1. The van der Waals surface area contributed by atoms with Crippen LogP contribution in [0.2, 0.25) is 0 Å². The van der Waals surface area contributed by atoms with Crippen LogP contribution in [-0.2, 0) is 6.42 Å². The lowest BCUT2D eigenvalue weighted by Crippen LogP contribution is -2.10. The zero-order valence-electron chi connectivity index (χ0n) is 12.1. The van der Waals surface area contributed by atoms with Gasteiger partial charge < -0.3 is 5.32 Å². The summed E-state index contributed by atoms with van der Waals surface area (Å²) in [4.78, 5) is 8.82. The predicted octanol–water partition coefficient (Wildman–Crippen LogP) is 2.92. The smallest absolute Gasteiger partial charge is 0.161 e. The van der Waals surface area contributed by atoms with E-state index in [-0.39, 0.29) is 0 Å². The molecular weight excluding hydrogens is 250 g/mol. The molecule has 1 N–H and O–H groups in total. The molecule has 2 aromatic rings. The van der Waals surface area contributed by atoms with Gasteiger partial charge in [-0.15, -0.1) is 0 Å². The van der Waals surface area contributed by atoms with Gasteiger partial charge in [-0.1, -0.05) is 13.3 Å². The van der Waals surface area contributed by atoms with Gasteiger partial charge in [0.2, 0.25) is 0 Å². The average Bonchev–Trinajstić information content (AvgIpc) is 3.19. The van der Waals surface area contributed by atoms with E-state index in [2.05, 4.69) is 40.3 Å². The molecule has 0 radical (unpaired) electrons. The van der Waals surface area contributed by atoms with Crippen LogP contribution in [0.25, 0.3) is 5.82 Å². The number of aromatic nitrogens is 4. The third-order valence-electron chi connectivity index (χ3n) is 3.59. The van der Waals surface area contributed by atoms with Gasteiger partial charge in [0, 0.05) is 24.2 Å². The molecule has 0 amide bonds. The molecule has 2 aromatic heterocycles. The standard InChI is InChI=1S/C15H21N5/c1-3-5-12-14(16-4-2)17-10-18-15(12)20-9-8-13(19-20)11-6-7-11/h8-11H,3-7H2,1-2H3,(H,16,17,18). The van der Waals surface area contributed by atoms with E-state index < -0.39 is 0 Å². The molecule has 0 aliphatic heterocycles. The molecule has 5 nitrogen and oxygen atoms in total. The van der Waals surface area contributed by atoms with E-state index in [1.807, 2.05) is 10.9 Å². The topological polar surface area (TPSA) is 55.6 Å². The molecule has 0 atom stereocenters. The van der Waals surface area contributed by atoms with Crippen molar-refractivity contribution in [2.24, 2.45) is 0 Å². The Hall–Kier alpha value is -1.91. The van der Waals surface area contributed by atoms with Crippen LogP contribution in [0.4, 0.5) is 5.82 Å². The fraction of sp³-hybridized carbons (Fsp3) is 0.533. The molecule has 20 heavy (non-hydrogen) atoms. The number of hydrogen-bond acceptors (Lipinski definition) is 4. The fourth-order valence-electron chi connectivity index (χ4n) is 2.45. The molecular formula is C15H21N5. The van der Waals surface area contributed by atoms with Crippen molar-refractivity contribution in [3.05, 3.63) is 29.8 Å². The summed E-state index contributed by atoms with van der Waals surface area (Å²) >= 11 is 0. The first-order valence-corrected chi connectivity index (χ1v) is 7.47. The molecule has 0 unspecified atom stereocenters. The zero-order valence-corrected chi connectivity index (χ0v) is 12.1. The molecule has 0 bridgehead atoms. The fourth-order valence-corrected chi connectivity index (χ4v) is 2.45. The Morgan fingerprint density at radius 3 is 2.85 bits per heavy atom. The molecule has 1 saturated carbocycles. The Morgan fingerprint density at radius 2 is 2.15 bits per heavy atom. The van der Waals surface area contributed by atoms with Crippen molar-refractivity contribution in [1.29, 1.82) is 0 Å². The molecule has 1 aliphatic rings. The van der Waals surface area contributed by atoms with Crippen LogP contribution >= 0.6 is 0 Å². The highest BCUT2D eigenvalue weighted by atomic mass is 15.3. The minimum absolute atomic E-state index is 0.668. The molecule has 0 spiro atoms. The van der Waals surface area contributed by atoms with Gasteiger partial charge in [-0.25, -0.2) is 14.6 Å². The zero-order chi connectivity index (χ0) is 13.9. The van der Waals surface area contributed by atoms with Crippen LogP contribution in [-0.4, -0.2) is 26.3 Å². The molecule has 3 rings (SSSR count). The second-order valence-corrected chi connectivity index (χ2v) is 5.26. The highest BCUT2D eigenvalue weighted by Gasteiger charge is 2.26. The van der Waals surface area contributed by atoms with Crippen molar-refractivity contribution >= 4 is 5.82 Å². The highest BCUT2D eigenvalue weighted by molar-refractivity contribution is 5.51. The van der Waals surface area contributed by atoms with Crippen molar-refractivity contribution < 1.29 is 0 Å². The molecule has 2 heterocycles. The number of nitrogens with zero attached hydrogens (tertiary/aromatic N) is 4. The van der Waals surface area contributed by atoms with Gasteiger partial charge in [-0.2, -0.15) is 5.10 Å². The van der Waals surface area contributed by atoms with E-state index in [0.717, 1.165) is 36.6 Å². The molecule has 0 saturated heterocycles. The lowest BCUT2D eigenvalue weighted by atomic mass is 10.1. The van der Waals surface area contributed by atoms with Crippen LogP contribution in [0.3, 0.4) is 0 Å².